The number of hydrogen-bond donors (Lipinski definition) is 1. The number of ether oxygens (including phenoxy) is 1. The van der Waals surface area contributed by atoms with Crippen LogP contribution in [-0.4, -0.2) is 44.8 Å². The van der Waals surface area contributed by atoms with Crippen molar-refractivity contribution in [2.45, 2.75) is 17.9 Å². The molecule has 2 aromatic carbocycles. The Morgan fingerprint density at radius 2 is 1.79 bits per heavy atom. The quantitative estimate of drug-likeness (QED) is 0.736. The summed E-state index contributed by atoms with van der Waals surface area (Å²) in [4.78, 5) is 24.1. The average molecular weight is 412 g/mol. The molecule has 0 aliphatic heterocycles. The number of carbonyl (C=O) groups excluding carboxylic acids is 2. The summed E-state index contributed by atoms with van der Waals surface area (Å²) in [7, 11) is -0.951. The molecule has 0 aliphatic rings. The first kappa shape index (κ1) is 21.5. The summed E-state index contributed by atoms with van der Waals surface area (Å²) in [5.41, 5.74) is -0.344. The summed E-state index contributed by atoms with van der Waals surface area (Å²) >= 11 is 0. The number of halogens is 2. The van der Waals surface area contributed by atoms with Crippen LogP contribution >= 0.6 is 0 Å². The molecule has 1 atom stereocenters. The summed E-state index contributed by atoms with van der Waals surface area (Å²) in [5, 5.41) is 2.42. The second kappa shape index (κ2) is 8.44. The molecule has 0 bridgehead atoms. The maximum Gasteiger partial charge on any atom is 0.341 e. The lowest BCUT2D eigenvalue weighted by atomic mass is 10.2. The van der Waals surface area contributed by atoms with E-state index in [1.165, 1.54) is 45.3 Å². The Bertz CT molecular complexity index is 1010. The molecular formula is C18H18F2N2O5S. The predicted octanol–water partition coefficient (Wildman–Crippen LogP) is 2.40. The van der Waals surface area contributed by atoms with Crippen molar-refractivity contribution >= 4 is 27.6 Å². The van der Waals surface area contributed by atoms with Crippen molar-refractivity contribution in [2.24, 2.45) is 0 Å². The molecule has 0 radical (unpaired) electrons. The second-order valence-electron chi connectivity index (χ2n) is 5.98. The van der Waals surface area contributed by atoms with Gasteiger partial charge in [0.05, 0.1) is 10.5 Å². The van der Waals surface area contributed by atoms with Crippen LogP contribution in [0.3, 0.4) is 0 Å². The summed E-state index contributed by atoms with van der Waals surface area (Å²) in [6.07, 6.45) is -1.31. The first-order valence-electron chi connectivity index (χ1n) is 8.02. The highest BCUT2D eigenvalue weighted by atomic mass is 32.2. The van der Waals surface area contributed by atoms with Crippen LogP contribution in [0, 0.1) is 11.6 Å². The van der Waals surface area contributed by atoms with Gasteiger partial charge in [0.2, 0.25) is 10.0 Å². The largest absolute Gasteiger partial charge is 0.449 e. The first-order chi connectivity index (χ1) is 13.0. The molecule has 0 spiro atoms. The fourth-order valence-corrected chi connectivity index (χ4v) is 3.07. The van der Waals surface area contributed by atoms with Crippen LogP contribution in [-0.2, 0) is 19.6 Å². The zero-order valence-corrected chi connectivity index (χ0v) is 16.1. The number of amides is 1. The van der Waals surface area contributed by atoms with Crippen molar-refractivity contribution < 1.29 is 31.5 Å². The van der Waals surface area contributed by atoms with Gasteiger partial charge in [0, 0.05) is 25.8 Å². The fourth-order valence-electron chi connectivity index (χ4n) is 2.12. The minimum Gasteiger partial charge on any atom is -0.449 e. The van der Waals surface area contributed by atoms with Crippen molar-refractivity contribution in [3.05, 3.63) is 59.7 Å². The molecule has 0 heterocycles. The first-order valence-corrected chi connectivity index (χ1v) is 9.46. The Morgan fingerprint density at radius 3 is 2.39 bits per heavy atom. The van der Waals surface area contributed by atoms with Crippen molar-refractivity contribution in [1.82, 2.24) is 4.31 Å². The molecular weight excluding hydrogens is 394 g/mol. The van der Waals surface area contributed by atoms with Gasteiger partial charge in [-0.25, -0.2) is 26.3 Å². The van der Waals surface area contributed by atoms with Gasteiger partial charge in [0.15, 0.2) is 6.10 Å². The summed E-state index contributed by atoms with van der Waals surface area (Å²) < 4.78 is 56.7. The van der Waals surface area contributed by atoms with E-state index in [4.69, 9.17) is 4.74 Å². The summed E-state index contributed by atoms with van der Waals surface area (Å²) in [5.74, 6) is -3.86. The zero-order chi connectivity index (χ0) is 21.1. The number of esters is 1. The number of sulfonamides is 1. The number of nitrogens with zero attached hydrogens (tertiary/aromatic N) is 1. The molecule has 0 saturated heterocycles. The highest BCUT2D eigenvalue weighted by molar-refractivity contribution is 7.89. The molecule has 150 valence electrons. The van der Waals surface area contributed by atoms with Crippen LogP contribution in [0.4, 0.5) is 14.5 Å². The highest BCUT2D eigenvalue weighted by Crippen LogP contribution is 2.18. The molecule has 28 heavy (non-hydrogen) atoms. The Kier molecular flexibility index (Phi) is 6.47. The summed E-state index contributed by atoms with van der Waals surface area (Å²) in [6, 6.07) is 7.84. The second-order valence-corrected chi connectivity index (χ2v) is 8.13. The molecule has 10 heteroatoms. The van der Waals surface area contributed by atoms with Crippen LogP contribution in [0.15, 0.2) is 47.4 Å². The molecule has 0 fully saturated rings. The highest BCUT2D eigenvalue weighted by Gasteiger charge is 2.22. The van der Waals surface area contributed by atoms with E-state index < -0.39 is 45.2 Å². The normalized spacial score (nSPS) is 12.5. The van der Waals surface area contributed by atoms with E-state index in [9.17, 15) is 26.8 Å². The lowest BCUT2D eigenvalue weighted by Crippen LogP contribution is -2.30. The zero-order valence-electron chi connectivity index (χ0n) is 15.3. The lowest BCUT2D eigenvalue weighted by Gasteiger charge is -2.15. The molecule has 2 aromatic rings. The van der Waals surface area contributed by atoms with Gasteiger partial charge >= 0.3 is 5.97 Å². The van der Waals surface area contributed by atoms with Gasteiger partial charge in [-0.1, -0.05) is 6.07 Å². The minimum atomic E-state index is -3.69. The fraction of sp³-hybridized carbons (Fsp3) is 0.222. The van der Waals surface area contributed by atoms with Gasteiger partial charge in [-0.2, -0.15) is 0 Å². The molecule has 0 saturated carbocycles. The van der Waals surface area contributed by atoms with E-state index in [0.717, 1.165) is 16.4 Å². The van der Waals surface area contributed by atoms with E-state index in [-0.39, 0.29) is 10.6 Å². The molecule has 2 rings (SSSR count). The van der Waals surface area contributed by atoms with Gasteiger partial charge in [-0.3, -0.25) is 4.79 Å². The van der Waals surface area contributed by atoms with Gasteiger partial charge in [-0.15, -0.1) is 0 Å². The van der Waals surface area contributed by atoms with E-state index in [1.807, 2.05) is 0 Å². The Morgan fingerprint density at radius 1 is 1.11 bits per heavy atom. The number of nitrogens with one attached hydrogen (secondary N) is 1. The van der Waals surface area contributed by atoms with Crippen LogP contribution in [0.5, 0.6) is 0 Å². The molecule has 1 N–H and O–H groups in total. The monoisotopic (exact) mass is 412 g/mol. The van der Waals surface area contributed by atoms with Crippen LogP contribution in [0.1, 0.15) is 17.3 Å². The van der Waals surface area contributed by atoms with Crippen molar-refractivity contribution in [1.29, 1.82) is 0 Å². The Balaban J connectivity index is 2.09. The number of rotatable bonds is 6. The van der Waals surface area contributed by atoms with Crippen molar-refractivity contribution in [2.75, 3.05) is 19.4 Å². The number of anilines is 1. The third-order valence-electron chi connectivity index (χ3n) is 3.68. The lowest BCUT2D eigenvalue weighted by molar-refractivity contribution is -0.123. The van der Waals surface area contributed by atoms with Gasteiger partial charge in [0.25, 0.3) is 5.91 Å². The standard InChI is InChI=1S/C18H18F2N2O5S/c1-11(27-18(24)15-8-7-12(19)9-16(15)20)17(23)21-13-5-4-6-14(10-13)28(25,26)22(2)3/h4-11H,1-3H3,(H,21,23)/t11-/m0/s1. The van der Waals surface area contributed by atoms with Crippen LogP contribution in [0.25, 0.3) is 0 Å². The summed E-state index contributed by atoms with van der Waals surface area (Å²) in [6.45, 7) is 1.26. The molecule has 0 aromatic heterocycles. The Hall–Kier alpha value is -2.85. The third-order valence-corrected chi connectivity index (χ3v) is 5.50. The van der Waals surface area contributed by atoms with Gasteiger partial charge in [-0.05, 0) is 37.3 Å². The van der Waals surface area contributed by atoms with E-state index in [1.54, 1.807) is 0 Å². The smallest absolute Gasteiger partial charge is 0.341 e. The van der Waals surface area contributed by atoms with Crippen LogP contribution < -0.4 is 5.32 Å². The third kappa shape index (κ3) is 4.90. The van der Waals surface area contributed by atoms with Gasteiger partial charge < -0.3 is 10.1 Å². The number of benzene rings is 2. The average Bonchev–Trinajstić information content (AvgIpc) is 2.61. The SMILES string of the molecule is C[C@H](OC(=O)c1ccc(F)cc1F)C(=O)Nc1cccc(S(=O)(=O)N(C)C)c1. The minimum absolute atomic E-state index is 0.0340. The molecule has 1 amide bonds. The van der Waals surface area contributed by atoms with Crippen molar-refractivity contribution in [3.63, 3.8) is 0 Å². The topological polar surface area (TPSA) is 92.8 Å². The van der Waals surface area contributed by atoms with Crippen LogP contribution in [0.2, 0.25) is 0 Å². The molecule has 0 unspecified atom stereocenters. The number of hydrogen-bond acceptors (Lipinski definition) is 5. The van der Waals surface area contributed by atoms with Crippen molar-refractivity contribution in [3.8, 4) is 0 Å². The molecule has 7 nitrogen and oxygen atoms in total. The van der Waals surface area contributed by atoms with E-state index >= 15 is 0 Å². The Labute approximate surface area is 161 Å². The van der Waals surface area contributed by atoms with Gasteiger partial charge in [0.1, 0.15) is 11.6 Å². The number of carbonyl (C=O) groups is 2. The maximum absolute atomic E-state index is 13.6. The predicted molar refractivity (Wildman–Crippen MR) is 97.2 cm³/mol. The molecule has 0 aliphatic carbocycles. The van der Waals surface area contributed by atoms with E-state index in [2.05, 4.69) is 5.32 Å². The maximum atomic E-state index is 13.6. The van der Waals surface area contributed by atoms with E-state index in [0.29, 0.717) is 6.07 Å².